The van der Waals surface area contributed by atoms with Gasteiger partial charge in [0.15, 0.2) is 0 Å². The maximum atomic E-state index is 13.0. The molecule has 0 spiro atoms. The number of piperidine rings is 1. The van der Waals surface area contributed by atoms with Gasteiger partial charge in [0.05, 0.1) is 4.90 Å². The third kappa shape index (κ3) is 6.03. The molecule has 0 bridgehead atoms. The van der Waals surface area contributed by atoms with Crippen molar-refractivity contribution in [1.82, 2.24) is 14.5 Å². The smallest absolute Gasteiger partial charge is 0.251 e. The van der Waals surface area contributed by atoms with E-state index in [2.05, 4.69) is 37.9 Å². The molecule has 1 aliphatic rings. The Balaban J connectivity index is 2.01. The number of hydrogen-bond acceptors (Lipinski definition) is 4. The second-order valence-electron chi connectivity index (χ2n) is 7.93. The van der Waals surface area contributed by atoms with Crippen LogP contribution in [0.3, 0.4) is 0 Å². The zero-order valence-corrected chi connectivity index (χ0v) is 18.5. The van der Waals surface area contributed by atoms with Gasteiger partial charge in [-0.2, -0.15) is 4.31 Å². The van der Waals surface area contributed by atoms with Crippen LogP contribution in [-0.2, 0) is 10.0 Å². The summed E-state index contributed by atoms with van der Waals surface area (Å²) in [5.41, 5.74) is 0.391. The van der Waals surface area contributed by atoms with Crippen molar-refractivity contribution in [3.8, 4) is 0 Å². The molecule has 0 saturated carbocycles. The second-order valence-corrected chi connectivity index (χ2v) is 9.87. The molecule has 1 N–H and O–H groups in total. The van der Waals surface area contributed by atoms with Crippen LogP contribution < -0.4 is 5.32 Å². The molecule has 1 aromatic rings. The van der Waals surface area contributed by atoms with E-state index in [1.807, 2.05) is 0 Å². The summed E-state index contributed by atoms with van der Waals surface area (Å²) >= 11 is 0. The molecule has 0 aromatic heterocycles. The maximum absolute atomic E-state index is 13.0. The summed E-state index contributed by atoms with van der Waals surface area (Å²) in [6, 6.07) is 6.39. The Labute approximate surface area is 170 Å². The topological polar surface area (TPSA) is 69.7 Å². The van der Waals surface area contributed by atoms with Crippen molar-refractivity contribution < 1.29 is 13.2 Å². The molecule has 7 heteroatoms. The average molecular weight is 410 g/mol. The molecule has 1 aromatic carbocycles. The van der Waals surface area contributed by atoms with Crippen LogP contribution in [0.25, 0.3) is 0 Å². The van der Waals surface area contributed by atoms with Crippen molar-refractivity contribution in [2.45, 2.75) is 45.4 Å². The van der Waals surface area contributed by atoms with E-state index >= 15 is 0 Å². The standard InChI is InChI=1S/C21H35N3O3S/c1-5-23(6-2)12-8-11-22-21(25)19-9-7-10-20(14-19)28(26,27)24-15-17(3)13-18(4)16-24/h7,9-10,14,17-18H,5-6,8,11-13,15-16H2,1-4H3,(H,22,25). The maximum Gasteiger partial charge on any atom is 0.251 e. The molecule has 2 unspecified atom stereocenters. The molecule has 1 aliphatic heterocycles. The van der Waals surface area contributed by atoms with Gasteiger partial charge in [-0.3, -0.25) is 4.79 Å². The van der Waals surface area contributed by atoms with Crippen LogP contribution in [0.2, 0.25) is 0 Å². The molecular weight excluding hydrogens is 374 g/mol. The number of nitrogens with one attached hydrogen (secondary N) is 1. The highest BCUT2D eigenvalue weighted by Crippen LogP contribution is 2.27. The Bertz CT molecular complexity index is 737. The predicted octanol–water partition coefficient (Wildman–Crippen LogP) is 2.81. The summed E-state index contributed by atoms with van der Waals surface area (Å²) in [5.74, 6) is 0.462. The quantitative estimate of drug-likeness (QED) is 0.637. The summed E-state index contributed by atoms with van der Waals surface area (Å²) in [7, 11) is -3.58. The van der Waals surface area contributed by atoms with Crippen molar-refractivity contribution in [3.05, 3.63) is 29.8 Å². The van der Waals surface area contributed by atoms with Crippen LogP contribution in [0.5, 0.6) is 0 Å². The molecule has 1 saturated heterocycles. The SMILES string of the molecule is CCN(CC)CCCNC(=O)c1cccc(S(=O)(=O)N2CC(C)CC(C)C2)c1. The van der Waals surface area contributed by atoms with Gasteiger partial charge in [-0.05, 0) is 62.5 Å². The molecule has 2 rings (SSSR count). The first-order valence-corrected chi connectivity index (χ1v) is 11.8. The fourth-order valence-electron chi connectivity index (χ4n) is 3.90. The molecule has 6 nitrogen and oxygen atoms in total. The van der Waals surface area contributed by atoms with Crippen molar-refractivity contribution in [3.63, 3.8) is 0 Å². The summed E-state index contributed by atoms with van der Waals surface area (Å²) in [5, 5.41) is 2.90. The van der Waals surface area contributed by atoms with Gasteiger partial charge in [-0.25, -0.2) is 8.42 Å². The highest BCUT2D eigenvalue weighted by Gasteiger charge is 2.31. The van der Waals surface area contributed by atoms with E-state index in [4.69, 9.17) is 0 Å². The van der Waals surface area contributed by atoms with E-state index in [1.165, 1.54) is 6.07 Å². The Morgan fingerprint density at radius 2 is 1.82 bits per heavy atom. The lowest BCUT2D eigenvalue weighted by Crippen LogP contribution is -2.42. The minimum absolute atomic E-state index is 0.199. The van der Waals surface area contributed by atoms with E-state index in [0.717, 1.165) is 32.5 Å². The average Bonchev–Trinajstić information content (AvgIpc) is 2.67. The third-order valence-electron chi connectivity index (χ3n) is 5.40. The van der Waals surface area contributed by atoms with Crippen molar-refractivity contribution >= 4 is 15.9 Å². The summed E-state index contributed by atoms with van der Waals surface area (Å²) in [6.45, 7) is 13.0. The van der Waals surface area contributed by atoms with E-state index in [9.17, 15) is 13.2 Å². The van der Waals surface area contributed by atoms with Crippen LogP contribution in [0, 0.1) is 11.8 Å². The van der Waals surface area contributed by atoms with Gasteiger partial charge >= 0.3 is 0 Å². The Hall–Kier alpha value is -1.44. The monoisotopic (exact) mass is 409 g/mol. The largest absolute Gasteiger partial charge is 0.352 e. The molecular formula is C21H35N3O3S. The summed E-state index contributed by atoms with van der Waals surface area (Å²) < 4.78 is 27.6. The molecule has 1 amide bonds. The lowest BCUT2D eigenvalue weighted by atomic mass is 9.94. The van der Waals surface area contributed by atoms with E-state index in [1.54, 1.807) is 22.5 Å². The fourth-order valence-corrected chi connectivity index (χ4v) is 5.62. The predicted molar refractivity (Wildman–Crippen MR) is 113 cm³/mol. The van der Waals surface area contributed by atoms with Crippen molar-refractivity contribution in [2.75, 3.05) is 39.3 Å². The number of sulfonamides is 1. The minimum atomic E-state index is -3.58. The zero-order valence-electron chi connectivity index (χ0n) is 17.6. The van der Waals surface area contributed by atoms with Crippen LogP contribution in [0.15, 0.2) is 29.2 Å². The van der Waals surface area contributed by atoms with E-state index in [0.29, 0.717) is 37.0 Å². The number of hydrogen-bond donors (Lipinski definition) is 1. The lowest BCUT2D eigenvalue weighted by molar-refractivity contribution is 0.0951. The Morgan fingerprint density at radius 1 is 1.18 bits per heavy atom. The minimum Gasteiger partial charge on any atom is -0.352 e. The first kappa shape index (κ1) is 22.8. The molecule has 0 aliphatic carbocycles. The molecule has 2 atom stereocenters. The number of carbonyl (C=O) groups excluding carboxylic acids is 1. The van der Waals surface area contributed by atoms with Crippen LogP contribution in [-0.4, -0.2) is 62.8 Å². The number of nitrogens with zero attached hydrogens (tertiary/aromatic N) is 2. The highest BCUT2D eigenvalue weighted by atomic mass is 32.2. The van der Waals surface area contributed by atoms with Gasteiger partial charge in [0.2, 0.25) is 10.0 Å². The normalized spacial score (nSPS) is 21.0. The molecule has 158 valence electrons. The Morgan fingerprint density at radius 3 is 2.43 bits per heavy atom. The van der Waals surface area contributed by atoms with Crippen molar-refractivity contribution in [2.24, 2.45) is 11.8 Å². The van der Waals surface area contributed by atoms with E-state index in [-0.39, 0.29) is 10.8 Å². The molecule has 1 heterocycles. The van der Waals surface area contributed by atoms with Gasteiger partial charge in [-0.15, -0.1) is 0 Å². The second kappa shape index (κ2) is 10.4. The zero-order chi connectivity index (χ0) is 20.7. The fraction of sp³-hybridized carbons (Fsp3) is 0.667. The number of benzene rings is 1. The van der Waals surface area contributed by atoms with E-state index < -0.39 is 10.0 Å². The Kier molecular flexibility index (Phi) is 8.46. The van der Waals surface area contributed by atoms with Crippen LogP contribution in [0.1, 0.15) is 50.9 Å². The first-order chi connectivity index (χ1) is 13.3. The summed E-state index contributed by atoms with van der Waals surface area (Å²) in [6.07, 6.45) is 1.91. The third-order valence-corrected chi connectivity index (χ3v) is 7.23. The van der Waals surface area contributed by atoms with Gasteiger partial charge in [-0.1, -0.05) is 33.8 Å². The number of carbonyl (C=O) groups is 1. The van der Waals surface area contributed by atoms with Crippen molar-refractivity contribution in [1.29, 1.82) is 0 Å². The highest BCUT2D eigenvalue weighted by molar-refractivity contribution is 7.89. The van der Waals surface area contributed by atoms with Crippen LogP contribution >= 0.6 is 0 Å². The molecule has 0 radical (unpaired) electrons. The first-order valence-electron chi connectivity index (χ1n) is 10.4. The van der Waals surface area contributed by atoms with Gasteiger partial charge in [0.25, 0.3) is 5.91 Å². The van der Waals surface area contributed by atoms with Crippen LogP contribution in [0.4, 0.5) is 0 Å². The molecule has 1 fully saturated rings. The molecule has 28 heavy (non-hydrogen) atoms. The van der Waals surface area contributed by atoms with Gasteiger partial charge in [0.1, 0.15) is 0 Å². The van der Waals surface area contributed by atoms with Gasteiger partial charge in [0, 0.05) is 25.2 Å². The van der Waals surface area contributed by atoms with Gasteiger partial charge < -0.3 is 10.2 Å². The number of amides is 1. The summed E-state index contributed by atoms with van der Waals surface area (Å²) in [4.78, 5) is 15.0. The lowest BCUT2D eigenvalue weighted by Gasteiger charge is -2.34. The number of rotatable bonds is 9.